The summed E-state index contributed by atoms with van der Waals surface area (Å²) in [5.41, 5.74) is 5.77. The number of amides is 1. The fourth-order valence-corrected chi connectivity index (χ4v) is 2.76. The van der Waals surface area contributed by atoms with Crippen LogP contribution in [0.2, 0.25) is 5.02 Å². The number of aromatic nitrogens is 1. The molecule has 2 rings (SSSR count). The molecule has 4 nitrogen and oxygen atoms in total. The van der Waals surface area contributed by atoms with Crippen molar-refractivity contribution < 1.29 is 4.79 Å². The van der Waals surface area contributed by atoms with Gasteiger partial charge in [-0.1, -0.05) is 43.7 Å². The number of rotatable bonds is 4. The number of nitrogens with two attached hydrogens (primary N) is 1. The molecule has 104 valence electrons. The lowest BCUT2D eigenvalue weighted by Gasteiger charge is -2.21. The second-order valence-corrected chi connectivity index (χ2v) is 5.52. The molecular weight excluding hydrogens is 262 g/mol. The lowest BCUT2D eigenvalue weighted by Crippen LogP contribution is -2.27. The van der Waals surface area contributed by atoms with Gasteiger partial charge >= 0.3 is 0 Å². The van der Waals surface area contributed by atoms with Crippen LogP contribution in [0.25, 0.3) is 0 Å². The third-order valence-corrected chi connectivity index (χ3v) is 3.95. The van der Waals surface area contributed by atoms with Crippen molar-refractivity contribution in [2.24, 2.45) is 5.92 Å². The summed E-state index contributed by atoms with van der Waals surface area (Å²) >= 11 is 5.94. The topological polar surface area (TPSA) is 68.0 Å². The zero-order chi connectivity index (χ0) is 13.7. The minimum absolute atomic E-state index is 0.213. The molecule has 1 aliphatic carbocycles. The first-order valence-electron chi connectivity index (χ1n) is 6.87. The predicted octanol–water partition coefficient (Wildman–Crippen LogP) is 3.02. The van der Waals surface area contributed by atoms with Crippen LogP contribution < -0.4 is 11.1 Å². The molecule has 1 saturated carbocycles. The average molecular weight is 282 g/mol. The molecule has 1 aromatic heterocycles. The van der Waals surface area contributed by atoms with Gasteiger partial charge in [-0.05, 0) is 24.5 Å². The first-order valence-corrected chi connectivity index (χ1v) is 7.25. The maximum absolute atomic E-state index is 11.9. The summed E-state index contributed by atoms with van der Waals surface area (Å²) in [7, 11) is 0. The molecule has 0 spiro atoms. The number of nitrogen functional groups attached to an aromatic ring is 1. The number of hydrogen-bond donors (Lipinski definition) is 2. The van der Waals surface area contributed by atoms with Crippen LogP contribution in [0.15, 0.2) is 12.1 Å². The molecule has 3 N–H and O–H groups in total. The van der Waals surface area contributed by atoms with E-state index < -0.39 is 0 Å². The van der Waals surface area contributed by atoms with Crippen molar-refractivity contribution in [2.75, 3.05) is 12.3 Å². The van der Waals surface area contributed by atoms with E-state index in [1.54, 1.807) is 12.1 Å². The molecule has 19 heavy (non-hydrogen) atoms. The molecule has 1 heterocycles. The van der Waals surface area contributed by atoms with Crippen LogP contribution >= 0.6 is 11.6 Å². The Labute approximate surface area is 118 Å². The largest absolute Gasteiger partial charge is 0.384 e. The normalized spacial score (nSPS) is 16.3. The summed E-state index contributed by atoms with van der Waals surface area (Å²) in [5, 5.41) is 3.21. The highest BCUT2D eigenvalue weighted by Crippen LogP contribution is 2.25. The number of anilines is 1. The van der Waals surface area contributed by atoms with Crippen LogP contribution in [0.4, 0.5) is 5.82 Å². The minimum Gasteiger partial charge on any atom is -0.384 e. The third kappa shape index (κ3) is 4.10. The van der Waals surface area contributed by atoms with Crippen LogP contribution in [-0.4, -0.2) is 17.4 Å². The predicted molar refractivity (Wildman–Crippen MR) is 77.2 cm³/mol. The highest BCUT2D eigenvalue weighted by Gasteiger charge is 2.15. The highest BCUT2D eigenvalue weighted by atomic mass is 35.5. The fourth-order valence-electron chi connectivity index (χ4n) is 2.57. The Bertz CT molecular complexity index is 444. The zero-order valence-electron chi connectivity index (χ0n) is 11.0. The van der Waals surface area contributed by atoms with Gasteiger partial charge in [0.2, 0.25) is 0 Å². The second kappa shape index (κ2) is 6.75. The van der Waals surface area contributed by atoms with E-state index >= 15 is 0 Å². The smallest absolute Gasteiger partial charge is 0.271 e. The van der Waals surface area contributed by atoms with Crippen LogP contribution in [0.1, 0.15) is 49.0 Å². The molecule has 1 aliphatic rings. The highest BCUT2D eigenvalue weighted by molar-refractivity contribution is 6.33. The summed E-state index contributed by atoms with van der Waals surface area (Å²) in [6.07, 6.45) is 7.60. The molecule has 0 saturated heterocycles. The Balaban J connectivity index is 1.82. The summed E-state index contributed by atoms with van der Waals surface area (Å²) < 4.78 is 0. The number of carbonyl (C=O) groups is 1. The van der Waals surface area contributed by atoms with Crippen LogP contribution in [-0.2, 0) is 0 Å². The number of hydrogen-bond acceptors (Lipinski definition) is 3. The number of carbonyl (C=O) groups excluding carboxylic acids is 1. The monoisotopic (exact) mass is 281 g/mol. The quantitative estimate of drug-likeness (QED) is 0.891. The molecule has 0 radical (unpaired) electrons. The van der Waals surface area contributed by atoms with Crippen molar-refractivity contribution in [1.82, 2.24) is 10.3 Å². The molecule has 0 unspecified atom stereocenters. The molecule has 0 aliphatic heterocycles. The molecular formula is C14H20ClN3O. The number of nitrogens with zero attached hydrogens (tertiary/aromatic N) is 1. The Morgan fingerprint density at radius 2 is 2.11 bits per heavy atom. The molecule has 1 fully saturated rings. The summed E-state index contributed by atoms with van der Waals surface area (Å²) in [6.45, 7) is 0.677. The van der Waals surface area contributed by atoms with Crippen molar-refractivity contribution >= 4 is 23.3 Å². The molecule has 0 atom stereocenters. The van der Waals surface area contributed by atoms with Crippen molar-refractivity contribution in [3.63, 3.8) is 0 Å². The lowest BCUT2D eigenvalue weighted by molar-refractivity contribution is 0.0945. The molecule has 1 amide bonds. The van der Waals surface area contributed by atoms with Gasteiger partial charge in [-0.25, -0.2) is 4.98 Å². The van der Waals surface area contributed by atoms with E-state index in [0.29, 0.717) is 17.4 Å². The van der Waals surface area contributed by atoms with Gasteiger partial charge in [-0.2, -0.15) is 0 Å². The van der Waals surface area contributed by atoms with Crippen molar-refractivity contribution in [1.29, 1.82) is 0 Å². The maximum atomic E-state index is 11.9. The second-order valence-electron chi connectivity index (χ2n) is 5.12. The summed E-state index contributed by atoms with van der Waals surface area (Å²) in [6, 6.07) is 3.18. The van der Waals surface area contributed by atoms with Crippen LogP contribution in [0.3, 0.4) is 0 Å². The van der Waals surface area contributed by atoms with E-state index in [0.717, 1.165) is 12.3 Å². The van der Waals surface area contributed by atoms with Gasteiger partial charge in [0.25, 0.3) is 5.91 Å². The standard InChI is InChI=1S/C14H20ClN3O/c15-11-6-7-12(16)18-13(11)14(19)17-9-8-10-4-2-1-3-5-10/h6-7,10H,1-5,8-9H2,(H2,16,18)(H,17,19). The molecule has 1 aromatic rings. The number of nitrogens with one attached hydrogen (secondary N) is 1. The Hall–Kier alpha value is -1.29. The molecule has 5 heteroatoms. The van der Waals surface area contributed by atoms with E-state index in [-0.39, 0.29) is 11.6 Å². The SMILES string of the molecule is Nc1ccc(Cl)c(C(=O)NCCC2CCCCC2)n1. The Morgan fingerprint density at radius 3 is 2.84 bits per heavy atom. The first kappa shape index (κ1) is 14.1. The third-order valence-electron chi connectivity index (χ3n) is 3.65. The van der Waals surface area contributed by atoms with E-state index in [4.69, 9.17) is 17.3 Å². The Kier molecular flexibility index (Phi) is 5.02. The van der Waals surface area contributed by atoms with Gasteiger partial charge in [-0.15, -0.1) is 0 Å². The maximum Gasteiger partial charge on any atom is 0.271 e. The van der Waals surface area contributed by atoms with Gasteiger partial charge in [0.05, 0.1) is 5.02 Å². The minimum atomic E-state index is -0.242. The van der Waals surface area contributed by atoms with Crippen LogP contribution in [0, 0.1) is 5.92 Å². The van der Waals surface area contributed by atoms with E-state index in [1.807, 2.05) is 0 Å². The zero-order valence-corrected chi connectivity index (χ0v) is 11.7. The van der Waals surface area contributed by atoms with Gasteiger partial charge in [0.1, 0.15) is 11.5 Å². The van der Waals surface area contributed by atoms with Crippen molar-refractivity contribution in [3.05, 3.63) is 22.8 Å². The van der Waals surface area contributed by atoms with Crippen LogP contribution in [0.5, 0.6) is 0 Å². The van der Waals surface area contributed by atoms with Crippen molar-refractivity contribution in [3.8, 4) is 0 Å². The number of halogens is 1. The summed E-state index contributed by atoms with van der Waals surface area (Å²) in [5.74, 6) is 0.813. The van der Waals surface area contributed by atoms with E-state index in [1.165, 1.54) is 32.1 Å². The van der Waals surface area contributed by atoms with Gasteiger partial charge in [0.15, 0.2) is 0 Å². The Morgan fingerprint density at radius 1 is 1.37 bits per heavy atom. The molecule has 0 bridgehead atoms. The molecule has 0 aromatic carbocycles. The van der Waals surface area contributed by atoms with Gasteiger partial charge in [-0.3, -0.25) is 4.79 Å². The van der Waals surface area contributed by atoms with E-state index in [2.05, 4.69) is 10.3 Å². The van der Waals surface area contributed by atoms with Crippen molar-refractivity contribution in [2.45, 2.75) is 38.5 Å². The van der Waals surface area contributed by atoms with Gasteiger partial charge in [0, 0.05) is 6.54 Å². The average Bonchev–Trinajstić information content (AvgIpc) is 2.42. The number of pyridine rings is 1. The summed E-state index contributed by atoms with van der Waals surface area (Å²) in [4.78, 5) is 15.9. The first-order chi connectivity index (χ1) is 9.16. The van der Waals surface area contributed by atoms with Gasteiger partial charge < -0.3 is 11.1 Å². The van der Waals surface area contributed by atoms with E-state index in [9.17, 15) is 4.79 Å². The lowest BCUT2D eigenvalue weighted by atomic mass is 9.87. The fraction of sp³-hybridized carbons (Fsp3) is 0.571.